The lowest BCUT2D eigenvalue weighted by atomic mass is 10.0. The summed E-state index contributed by atoms with van der Waals surface area (Å²) in [5.74, 6) is 1.28. The molecule has 0 saturated carbocycles. The van der Waals surface area contributed by atoms with E-state index in [2.05, 4.69) is 34.6 Å². The van der Waals surface area contributed by atoms with Crippen LogP contribution < -0.4 is 9.64 Å². The quantitative estimate of drug-likeness (QED) is 0.343. The molecule has 4 rings (SSSR count). The summed E-state index contributed by atoms with van der Waals surface area (Å²) in [5, 5.41) is 15.3. The normalized spacial score (nSPS) is 10.9. The molecule has 0 spiro atoms. The molecule has 0 unspecified atom stereocenters. The zero-order valence-corrected chi connectivity index (χ0v) is 20.7. The van der Waals surface area contributed by atoms with Crippen LogP contribution in [0.3, 0.4) is 0 Å². The molecule has 1 amide bonds. The number of tetrazole rings is 1. The highest BCUT2D eigenvalue weighted by Gasteiger charge is 2.22. The van der Waals surface area contributed by atoms with Crippen LogP contribution in [-0.2, 0) is 10.5 Å². The van der Waals surface area contributed by atoms with Gasteiger partial charge in [-0.25, -0.2) is 4.98 Å². The van der Waals surface area contributed by atoms with Crippen LogP contribution >= 0.6 is 23.1 Å². The van der Waals surface area contributed by atoms with Gasteiger partial charge in [-0.3, -0.25) is 9.69 Å². The van der Waals surface area contributed by atoms with Crippen LogP contribution in [0.15, 0.2) is 46.9 Å². The zero-order chi connectivity index (χ0) is 23.5. The summed E-state index contributed by atoms with van der Waals surface area (Å²) in [6.07, 6.45) is 0. The van der Waals surface area contributed by atoms with E-state index in [-0.39, 0.29) is 5.91 Å². The third-order valence-corrected chi connectivity index (χ3v) is 6.84. The Morgan fingerprint density at radius 2 is 1.85 bits per heavy atom. The minimum absolute atomic E-state index is 0.0675. The lowest BCUT2D eigenvalue weighted by Gasteiger charge is -2.23. The Bertz CT molecular complexity index is 1260. The molecule has 0 aliphatic rings. The Kier molecular flexibility index (Phi) is 6.75. The van der Waals surface area contributed by atoms with Gasteiger partial charge in [0.25, 0.3) is 0 Å². The van der Waals surface area contributed by atoms with Crippen molar-refractivity contribution < 1.29 is 9.53 Å². The first-order valence-corrected chi connectivity index (χ1v) is 12.1. The lowest BCUT2D eigenvalue weighted by molar-refractivity contribution is -0.115. The summed E-state index contributed by atoms with van der Waals surface area (Å²) in [5.41, 5.74) is 5.86. The maximum atomic E-state index is 12.6. The molecule has 0 aliphatic carbocycles. The number of ether oxygens (including phenoxy) is 1. The van der Waals surface area contributed by atoms with Crippen molar-refractivity contribution in [3.8, 4) is 11.4 Å². The van der Waals surface area contributed by atoms with Gasteiger partial charge in [-0.2, -0.15) is 4.68 Å². The zero-order valence-electron chi connectivity index (χ0n) is 19.1. The molecule has 2 aromatic heterocycles. The van der Waals surface area contributed by atoms with Crippen molar-refractivity contribution in [1.29, 1.82) is 0 Å². The predicted molar refractivity (Wildman–Crippen MR) is 131 cm³/mol. The molecule has 0 aliphatic heterocycles. The number of thioether (sulfide) groups is 1. The number of carbonyl (C=O) groups excluding carboxylic acids is 1. The second-order valence-electron chi connectivity index (χ2n) is 7.58. The fourth-order valence-corrected chi connectivity index (χ4v) is 5.43. The van der Waals surface area contributed by atoms with E-state index in [0.717, 1.165) is 33.9 Å². The molecule has 0 radical (unpaired) electrons. The number of carbonyl (C=O) groups is 1. The number of hydrogen-bond acceptors (Lipinski definition) is 8. The summed E-state index contributed by atoms with van der Waals surface area (Å²) >= 11 is 2.94. The van der Waals surface area contributed by atoms with Gasteiger partial charge >= 0.3 is 0 Å². The third-order valence-electron chi connectivity index (χ3n) is 5.01. The summed E-state index contributed by atoms with van der Waals surface area (Å²) in [6.45, 7) is 7.67. The van der Waals surface area contributed by atoms with Gasteiger partial charge < -0.3 is 4.74 Å². The topological polar surface area (TPSA) is 86.0 Å². The van der Waals surface area contributed by atoms with E-state index in [9.17, 15) is 4.79 Å². The first kappa shape index (κ1) is 22.9. The SMILES string of the molecule is COc1ccc(-n2nnnc2SCc2csc(N(C(C)=O)c3c(C)cc(C)cc3C)n2)cc1. The number of nitrogens with zero attached hydrogens (tertiary/aromatic N) is 6. The first-order valence-electron chi connectivity index (χ1n) is 10.3. The van der Waals surface area contributed by atoms with Gasteiger partial charge in [0.1, 0.15) is 5.75 Å². The molecule has 170 valence electrons. The number of methoxy groups -OCH3 is 1. The molecule has 8 nitrogen and oxygen atoms in total. The van der Waals surface area contributed by atoms with Crippen molar-refractivity contribution in [3.05, 3.63) is 64.2 Å². The fourth-order valence-electron chi connectivity index (χ4n) is 3.67. The summed E-state index contributed by atoms with van der Waals surface area (Å²) < 4.78 is 6.89. The van der Waals surface area contributed by atoms with Crippen molar-refractivity contribution >= 4 is 39.8 Å². The van der Waals surface area contributed by atoms with E-state index in [0.29, 0.717) is 16.0 Å². The molecule has 4 aromatic rings. The fraction of sp³-hybridized carbons (Fsp3) is 0.261. The highest BCUT2D eigenvalue weighted by atomic mass is 32.2. The van der Waals surface area contributed by atoms with Crippen molar-refractivity contribution in [1.82, 2.24) is 25.2 Å². The second kappa shape index (κ2) is 9.72. The Labute approximate surface area is 200 Å². The summed E-state index contributed by atoms with van der Waals surface area (Å²) in [7, 11) is 1.63. The molecule has 0 bridgehead atoms. The number of amides is 1. The molecular formula is C23H24N6O2S2. The maximum absolute atomic E-state index is 12.6. The van der Waals surface area contributed by atoms with Gasteiger partial charge in [-0.05, 0) is 66.6 Å². The van der Waals surface area contributed by atoms with Crippen LogP contribution in [0.1, 0.15) is 29.3 Å². The predicted octanol–water partition coefficient (Wildman–Crippen LogP) is 5.03. The largest absolute Gasteiger partial charge is 0.497 e. The highest BCUT2D eigenvalue weighted by molar-refractivity contribution is 7.98. The Morgan fingerprint density at radius 1 is 1.15 bits per heavy atom. The van der Waals surface area contributed by atoms with Crippen LogP contribution in [0, 0.1) is 20.8 Å². The molecule has 2 heterocycles. The number of thiazole rings is 1. The van der Waals surface area contributed by atoms with E-state index in [1.807, 2.05) is 43.5 Å². The van der Waals surface area contributed by atoms with E-state index >= 15 is 0 Å². The number of anilines is 2. The van der Waals surface area contributed by atoms with E-state index < -0.39 is 0 Å². The first-order chi connectivity index (χ1) is 15.9. The molecule has 33 heavy (non-hydrogen) atoms. The number of aromatic nitrogens is 5. The Morgan fingerprint density at radius 3 is 2.48 bits per heavy atom. The van der Waals surface area contributed by atoms with Crippen LogP contribution in [0.4, 0.5) is 10.8 Å². The number of hydrogen-bond donors (Lipinski definition) is 0. The minimum atomic E-state index is -0.0675. The average molecular weight is 481 g/mol. The number of benzene rings is 2. The van der Waals surface area contributed by atoms with Crippen molar-refractivity contribution in [2.75, 3.05) is 12.0 Å². The van der Waals surface area contributed by atoms with Gasteiger partial charge in [-0.15, -0.1) is 16.4 Å². The van der Waals surface area contributed by atoms with Crippen LogP contribution in [-0.4, -0.2) is 38.2 Å². The molecular weight excluding hydrogens is 456 g/mol. The number of rotatable bonds is 7. The molecule has 0 N–H and O–H groups in total. The molecule has 0 saturated heterocycles. The Balaban J connectivity index is 1.54. The average Bonchev–Trinajstić information content (AvgIpc) is 3.44. The molecule has 0 fully saturated rings. The van der Waals surface area contributed by atoms with Crippen molar-refractivity contribution in [2.24, 2.45) is 0 Å². The summed E-state index contributed by atoms with van der Waals surface area (Å²) in [4.78, 5) is 19.0. The summed E-state index contributed by atoms with van der Waals surface area (Å²) in [6, 6.07) is 11.7. The smallest absolute Gasteiger partial charge is 0.230 e. The van der Waals surface area contributed by atoms with Gasteiger partial charge in [0, 0.05) is 18.1 Å². The third kappa shape index (κ3) is 4.91. The van der Waals surface area contributed by atoms with Crippen LogP contribution in [0.2, 0.25) is 0 Å². The van der Waals surface area contributed by atoms with Gasteiger partial charge in [-0.1, -0.05) is 29.5 Å². The highest BCUT2D eigenvalue weighted by Crippen LogP contribution is 2.35. The van der Waals surface area contributed by atoms with Gasteiger partial charge in [0.2, 0.25) is 11.1 Å². The monoisotopic (exact) mass is 480 g/mol. The standard InChI is InChI=1S/C23H24N6O2S2/c1-14-10-15(2)21(16(3)11-14)28(17(4)30)22-24-18(12-32-22)13-33-23-25-26-27-29(23)19-6-8-20(31-5)9-7-19/h6-12H,13H2,1-5H3. The minimum Gasteiger partial charge on any atom is -0.497 e. The molecule has 10 heteroatoms. The lowest BCUT2D eigenvalue weighted by Crippen LogP contribution is -2.24. The van der Waals surface area contributed by atoms with Crippen molar-refractivity contribution in [2.45, 2.75) is 38.6 Å². The number of aryl methyl sites for hydroxylation is 3. The van der Waals surface area contributed by atoms with E-state index in [1.165, 1.54) is 28.7 Å². The van der Waals surface area contributed by atoms with E-state index in [4.69, 9.17) is 9.72 Å². The second-order valence-corrected chi connectivity index (χ2v) is 9.36. The maximum Gasteiger partial charge on any atom is 0.230 e. The van der Waals surface area contributed by atoms with Crippen LogP contribution in [0.25, 0.3) is 5.69 Å². The van der Waals surface area contributed by atoms with Crippen LogP contribution in [0.5, 0.6) is 5.75 Å². The Hall–Kier alpha value is -3.24. The van der Waals surface area contributed by atoms with Crippen molar-refractivity contribution in [3.63, 3.8) is 0 Å². The molecule has 2 aromatic carbocycles. The molecule has 0 atom stereocenters. The van der Waals surface area contributed by atoms with Gasteiger partial charge in [0.05, 0.1) is 24.2 Å². The van der Waals surface area contributed by atoms with E-state index in [1.54, 1.807) is 23.6 Å². The van der Waals surface area contributed by atoms with Gasteiger partial charge in [0.15, 0.2) is 5.13 Å².